The standard InChI is InChI=1S/C26H25F4NO2/c1-17(2)13-24(19-11-12-22(23(27)15-19)26(28,29)30)31-25(32)20-8-6-7-18(14-20)16-33-21-9-4-3-5-10-21/h3-12,14-15,17,24H,13,16H2,1-2H3,(H,31,32). The fourth-order valence-corrected chi connectivity index (χ4v) is 3.46. The lowest BCUT2D eigenvalue weighted by molar-refractivity contribution is -0.140. The number of amides is 1. The average Bonchev–Trinajstić information content (AvgIpc) is 2.77. The van der Waals surface area contributed by atoms with E-state index in [0.29, 0.717) is 23.8 Å². The molecule has 0 aliphatic rings. The van der Waals surface area contributed by atoms with Gasteiger partial charge in [0.1, 0.15) is 18.2 Å². The molecule has 0 bridgehead atoms. The molecule has 0 saturated carbocycles. The summed E-state index contributed by atoms with van der Waals surface area (Å²) in [4.78, 5) is 12.9. The molecule has 33 heavy (non-hydrogen) atoms. The Hall–Kier alpha value is -3.35. The zero-order chi connectivity index (χ0) is 24.0. The van der Waals surface area contributed by atoms with Crippen LogP contribution in [0.25, 0.3) is 0 Å². The number of ether oxygens (including phenoxy) is 1. The normalized spacial score (nSPS) is 12.5. The number of alkyl halides is 3. The van der Waals surface area contributed by atoms with Gasteiger partial charge < -0.3 is 10.1 Å². The van der Waals surface area contributed by atoms with Gasteiger partial charge in [-0.25, -0.2) is 4.39 Å². The molecule has 1 N–H and O–H groups in total. The highest BCUT2D eigenvalue weighted by Crippen LogP contribution is 2.33. The first-order chi connectivity index (χ1) is 15.6. The van der Waals surface area contributed by atoms with Gasteiger partial charge in [-0.15, -0.1) is 0 Å². The maximum Gasteiger partial charge on any atom is 0.419 e. The molecule has 0 aliphatic carbocycles. The Morgan fingerprint density at radius 3 is 2.33 bits per heavy atom. The number of carbonyl (C=O) groups excluding carboxylic acids is 1. The number of hydrogen-bond acceptors (Lipinski definition) is 2. The monoisotopic (exact) mass is 459 g/mol. The lowest BCUT2D eigenvalue weighted by Crippen LogP contribution is -2.30. The largest absolute Gasteiger partial charge is 0.489 e. The van der Waals surface area contributed by atoms with Gasteiger partial charge in [0.05, 0.1) is 11.6 Å². The molecule has 7 heteroatoms. The van der Waals surface area contributed by atoms with Gasteiger partial charge >= 0.3 is 6.18 Å². The van der Waals surface area contributed by atoms with Crippen molar-refractivity contribution in [1.82, 2.24) is 5.32 Å². The summed E-state index contributed by atoms with van der Waals surface area (Å²) < 4.78 is 58.6. The third kappa shape index (κ3) is 6.81. The van der Waals surface area contributed by atoms with Crippen LogP contribution in [-0.4, -0.2) is 5.91 Å². The first-order valence-electron chi connectivity index (χ1n) is 10.6. The van der Waals surface area contributed by atoms with Gasteiger partial charge in [0.15, 0.2) is 0 Å². The third-order valence-electron chi connectivity index (χ3n) is 5.05. The van der Waals surface area contributed by atoms with Crippen molar-refractivity contribution in [3.63, 3.8) is 0 Å². The number of carbonyl (C=O) groups is 1. The zero-order valence-electron chi connectivity index (χ0n) is 18.3. The summed E-state index contributed by atoms with van der Waals surface area (Å²) >= 11 is 0. The summed E-state index contributed by atoms with van der Waals surface area (Å²) in [5.74, 6) is -0.939. The Labute approximate surface area is 190 Å². The first kappa shape index (κ1) is 24.3. The van der Waals surface area contributed by atoms with Crippen LogP contribution in [0.15, 0.2) is 72.8 Å². The third-order valence-corrected chi connectivity index (χ3v) is 5.05. The lowest BCUT2D eigenvalue weighted by Gasteiger charge is -2.22. The number of rotatable bonds is 8. The highest BCUT2D eigenvalue weighted by Gasteiger charge is 2.34. The SMILES string of the molecule is CC(C)CC(NC(=O)c1cccc(COc2ccccc2)c1)c1ccc(C(F)(F)F)c(F)c1. The molecule has 0 fully saturated rings. The van der Waals surface area contributed by atoms with Gasteiger partial charge in [0, 0.05) is 5.56 Å². The minimum absolute atomic E-state index is 0.117. The molecular formula is C26H25F4NO2. The van der Waals surface area contributed by atoms with Crippen LogP contribution < -0.4 is 10.1 Å². The van der Waals surface area contributed by atoms with Gasteiger partial charge in [-0.05, 0) is 59.9 Å². The number of hydrogen-bond donors (Lipinski definition) is 1. The molecule has 0 aromatic heterocycles. The molecule has 3 aromatic carbocycles. The summed E-state index contributed by atoms with van der Waals surface area (Å²) in [5.41, 5.74) is 0.121. The number of halogens is 4. The van der Waals surface area contributed by atoms with Crippen molar-refractivity contribution in [2.45, 2.75) is 39.1 Å². The smallest absolute Gasteiger partial charge is 0.419 e. The van der Waals surface area contributed by atoms with E-state index in [4.69, 9.17) is 4.74 Å². The van der Waals surface area contributed by atoms with E-state index >= 15 is 0 Å². The fraction of sp³-hybridized carbons (Fsp3) is 0.269. The van der Waals surface area contributed by atoms with E-state index in [1.165, 1.54) is 6.07 Å². The van der Waals surface area contributed by atoms with Gasteiger partial charge in [0.2, 0.25) is 0 Å². The first-order valence-corrected chi connectivity index (χ1v) is 10.6. The molecule has 1 amide bonds. The minimum atomic E-state index is -4.78. The predicted octanol–water partition coefficient (Wildman–Crippen LogP) is 6.94. The maximum atomic E-state index is 14.1. The zero-order valence-corrected chi connectivity index (χ0v) is 18.3. The van der Waals surface area contributed by atoms with Crippen LogP contribution in [0.3, 0.4) is 0 Å². The summed E-state index contributed by atoms with van der Waals surface area (Å²) in [6.07, 6.45) is -4.34. The predicted molar refractivity (Wildman–Crippen MR) is 118 cm³/mol. The van der Waals surface area contributed by atoms with Gasteiger partial charge in [-0.2, -0.15) is 13.2 Å². The van der Waals surface area contributed by atoms with Gasteiger partial charge in [-0.3, -0.25) is 4.79 Å². The molecule has 0 aliphatic heterocycles. The van der Waals surface area contributed by atoms with Crippen molar-refractivity contribution in [3.8, 4) is 5.75 Å². The molecule has 3 nitrogen and oxygen atoms in total. The van der Waals surface area contributed by atoms with E-state index in [-0.39, 0.29) is 18.1 Å². The van der Waals surface area contributed by atoms with E-state index in [9.17, 15) is 22.4 Å². The average molecular weight is 459 g/mol. The Morgan fingerprint density at radius 2 is 1.70 bits per heavy atom. The van der Waals surface area contributed by atoms with Crippen LogP contribution >= 0.6 is 0 Å². The molecule has 174 valence electrons. The Bertz CT molecular complexity index is 1080. The highest BCUT2D eigenvalue weighted by atomic mass is 19.4. The highest BCUT2D eigenvalue weighted by molar-refractivity contribution is 5.94. The summed E-state index contributed by atoms with van der Waals surface area (Å²) in [5, 5.41) is 2.84. The molecule has 1 atom stereocenters. The van der Waals surface area contributed by atoms with E-state index in [1.807, 2.05) is 50.2 Å². The lowest BCUT2D eigenvalue weighted by atomic mass is 9.95. The molecule has 3 aromatic rings. The number of nitrogens with one attached hydrogen (secondary N) is 1. The van der Waals surface area contributed by atoms with E-state index in [1.54, 1.807) is 18.2 Å². The second kappa shape index (κ2) is 10.5. The molecule has 0 saturated heterocycles. The fourth-order valence-electron chi connectivity index (χ4n) is 3.46. The summed E-state index contributed by atoms with van der Waals surface area (Å²) in [7, 11) is 0. The Morgan fingerprint density at radius 1 is 0.970 bits per heavy atom. The molecule has 3 rings (SSSR count). The van der Waals surface area contributed by atoms with Crippen LogP contribution in [-0.2, 0) is 12.8 Å². The molecule has 0 radical (unpaired) electrons. The van der Waals surface area contributed by atoms with Crippen LogP contribution in [0.5, 0.6) is 5.75 Å². The van der Waals surface area contributed by atoms with Gasteiger partial charge in [-0.1, -0.05) is 50.2 Å². The van der Waals surface area contributed by atoms with Gasteiger partial charge in [0.25, 0.3) is 5.91 Å². The molecule has 0 heterocycles. The summed E-state index contributed by atoms with van der Waals surface area (Å²) in [6.45, 7) is 4.10. The second-order valence-electron chi connectivity index (χ2n) is 8.19. The van der Waals surface area contributed by atoms with Crippen molar-refractivity contribution in [1.29, 1.82) is 0 Å². The van der Waals surface area contributed by atoms with E-state index in [0.717, 1.165) is 11.6 Å². The van der Waals surface area contributed by atoms with Crippen LogP contribution in [0.2, 0.25) is 0 Å². The van der Waals surface area contributed by atoms with E-state index in [2.05, 4.69) is 5.32 Å². The van der Waals surface area contributed by atoms with Crippen LogP contribution in [0.4, 0.5) is 17.6 Å². The number of para-hydroxylation sites is 1. The summed E-state index contributed by atoms with van der Waals surface area (Å²) in [6, 6.07) is 18.3. The number of benzene rings is 3. The molecule has 1 unspecified atom stereocenters. The topological polar surface area (TPSA) is 38.3 Å². The Kier molecular flexibility index (Phi) is 7.74. The minimum Gasteiger partial charge on any atom is -0.489 e. The second-order valence-corrected chi connectivity index (χ2v) is 8.19. The molecular weight excluding hydrogens is 434 g/mol. The van der Waals surface area contributed by atoms with Crippen molar-refractivity contribution in [2.75, 3.05) is 0 Å². The van der Waals surface area contributed by atoms with Crippen molar-refractivity contribution >= 4 is 5.91 Å². The maximum absolute atomic E-state index is 14.1. The van der Waals surface area contributed by atoms with Crippen molar-refractivity contribution in [3.05, 3.63) is 101 Å². The van der Waals surface area contributed by atoms with E-state index < -0.39 is 29.5 Å². The Balaban J connectivity index is 1.76. The molecule has 0 spiro atoms. The quantitative estimate of drug-likeness (QED) is 0.371. The van der Waals surface area contributed by atoms with Crippen molar-refractivity contribution < 1.29 is 27.1 Å². The van der Waals surface area contributed by atoms with Crippen LogP contribution in [0, 0.1) is 11.7 Å². The van der Waals surface area contributed by atoms with Crippen molar-refractivity contribution in [2.24, 2.45) is 5.92 Å². The van der Waals surface area contributed by atoms with Crippen LogP contribution in [0.1, 0.15) is 53.4 Å².